The van der Waals surface area contributed by atoms with Crippen molar-refractivity contribution in [3.8, 4) is 0 Å². The van der Waals surface area contributed by atoms with Crippen molar-refractivity contribution in [2.24, 2.45) is 0 Å². The number of rotatable bonds is 11. The van der Waals surface area contributed by atoms with Crippen molar-refractivity contribution < 1.29 is 62.0 Å². The summed E-state index contributed by atoms with van der Waals surface area (Å²) in [7, 11) is -9.62. The van der Waals surface area contributed by atoms with Gasteiger partial charge in [0.15, 0.2) is 35.1 Å². The number of nitrogens with one attached hydrogen (secondary N) is 1. The summed E-state index contributed by atoms with van der Waals surface area (Å²) in [5, 5.41) is 42.2. The van der Waals surface area contributed by atoms with Gasteiger partial charge in [0.1, 0.15) is 37.1 Å². The molecule has 25 heteroatoms. The number of ether oxygens (including phenoxy) is 1. The fourth-order valence-corrected chi connectivity index (χ4v) is 5.95. The highest BCUT2D eigenvalue weighted by atomic mass is 31.2. The molecule has 44 heavy (non-hydrogen) atoms. The van der Waals surface area contributed by atoms with Crippen LogP contribution in [-0.4, -0.2) is 102 Å². The third kappa shape index (κ3) is 5.83. The number of nitrogens with two attached hydrogens (primary N) is 2. The Balaban J connectivity index is 1.50. The van der Waals surface area contributed by atoms with E-state index in [1.807, 2.05) is 0 Å². The van der Waals surface area contributed by atoms with Crippen LogP contribution >= 0.6 is 16.1 Å². The summed E-state index contributed by atoms with van der Waals surface area (Å²) in [4.78, 5) is 49.4. The summed E-state index contributed by atoms with van der Waals surface area (Å²) in [5.41, 5.74) is 9.56. The van der Waals surface area contributed by atoms with Crippen molar-refractivity contribution in [3.05, 3.63) is 35.0 Å². The number of halogens is 1. The van der Waals surface area contributed by atoms with Gasteiger partial charge >= 0.3 is 16.1 Å². The molecule has 1 aliphatic heterocycles. The van der Waals surface area contributed by atoms with Gasteiger partial charge in [0, 0.05) is 6.20 Å². The first kappa shape index (κ1) is 32.0. The molecule has 4 aromatic heterocycles. The van der Waals surface area contributed by atoms with Crippen molar-refractivity contribution >= 4 is 50.0 Å². The highest BCUT2D eigenvalue weighted by Gasteiger charge is 2.53. The Morgan fingerprint density at radius 3 is 2.70 bits per heavy atom. The minimum Gasteiger partial charge on any atom is -0.394 e. The standard InChI is InChI=1S/C19H24FN9O13P2/c20-6-1-28(13-8(6)12(21)23-4-24-13)17(33)19(34,3-39-43(35)36)42-44(37,38)41-11-10(31)7(2-30)40-16(11)29-5-25-9-14(29)26-18(22)27-15(9)32/h1,4-5,7,10-11,16-17,30-31,33-34,43H,2-3H2,(H,35,36)(H,37,38)(H2,21,23,24)(H3,22,26,27,32)/t7-,10-,11-,16-,17-,19-/m1/s1. The fourth-order valence-electron chi connectivity index (χ4n) is 4.49. The lowest BCUT2D eigenvalue weighted by molar-refractivity contribution is -0.254. The smallest absolute Gasteiger partial charge is 0.394 e. The van der Waals surface area contributed by atoms with Gasteiger partial charge in [-0.05, 0) is 0 Å². The van der Waals surface area contributed by atoms with Crippen LogP contribution in [0.4, 0.5) is 16.2 Å². The summed E-state index contributed by atoms with van der Waals surface area (Å²) in [6.07, 6.45) is -7.08. The number of aliphatic hydroxyl groups is 4. The minimum absolute atomic E-state index is 0.222. The third-order valence-electron chi connectivity index (χ3n) is 6.41. The zero-order chi connectivity index (χ0) is 32.1. The number of nitrogens with zero attached hydrogens (tertiary/aromatic N) is 6. The van der Waals surface area contributed by atoms with E-state index >= 15 is 0 Å². The molecule has 1 aliphatic rings. The number of phosphoric acid groups is 1. The average Bonchev–Trinajstić information content (AvgIpc) is 3.61. The average molecular weight is 667 g/mol. The summed E-state index contributed by atoms with van der Waals surface area (Å²) in [5.74, 6) is -5.28. The van der Waals surface area contributed by atoms with E-state index in [1.54, 1.807) is 0 Å². The van der Waals surface area contributed by atoms with Crippen LogP contribution in [0.2, 0.25) is 0 Å². The van der Waals surface area contributed by atoms with Crippen molar-refractivity contribution in [2.45, 2.75) is 36.6 Å². The lowest BCUT2D eigenvalue weighted by Crippen LogP contribution is -2.46. The zero-order valence-corrected chi connectivity index (χ0v) is 23.6. The predicted octanol–water partition coefficient (Wildman–Crippen LogP) is -2.80. The summed E-state index contributed by atoms with van der Waals surface area (Å²) in [6.45, 7) is -2.32. The second-order valence-corrected chi connectivity index (χ2v) is 11.4. The number of aromatic nitrogens is 7. The van der Waals surface area contributed by atoms with Gasteiger partial charge in [-0.25, -0.2) is 28.4 Å². The van der Waals surface area contributed by atoms with Crippen molar-refractivity contribution in [1.82, 2.24) is 34.1 Å². The largest absolute Gasteiger partial charge is 0.475 e. The maximum absolute atomic E-state index is 14.6. The molecule has 0 aliphatic carbocycles. The Bertz CT molecular complexity index is 1840. The molecular weight excluding hydrogens is 643 g/mol. The fraction of sp³-hybridized carbons (Fsp3) is 0.421. The molecule has 2 unspecified atom stereocenters. The van der Waals surface area contributed by atoms with Crippen LogP contribution in [0, 0.1) is 5.82 Å². The first-order chi connectivity index (χ1) is 20.7. The van der Waals surface area contributed by atoms with Crippen LogP contribution in [0.5, 0.6) is 0 Å². The molecule has 11 N–H and O–H groups in total. The van der Waals surface area contributed by atoms with Crippen molar-refractivity contribution in [2.75, 3.05) is 24.7 Å². The predicted molar refractivity (Wildman–Crippen MR) is 141 cm³/mol. The molecular formula is C19H24FN9O13P2. The number of hydrogen-bond acceptors (Lipinski definition) is 17. The molecule has 22 nitrogen and oxygen atoms in total. The van der Waals surface area contributed by atoms with Gasteiger partial charge < -0.3 is 50.9 Å². The second kappa shape index (κ2) is 11.8. The summed E-state index contributed by atoms with van der Waals surface area (Å²) in [6, 6.07) is 0. The molecule has 1 fully saturated rings. The molecule has 0 aromatic carbocycles. The van der Waals surface area contributed by atoms with Crippen LogP contribution < -0.4 is 17.0 Å². The quantitative estimate of drug-likeness (QED) is 0.0576. The topological polar surface area (TPSA) is 339 Å². The molecule has 4 aromatic rings. The van der Waals surface area contributed by atoms with E-state index < -0.39 is 88.3 Å². The number of aliphatic hydroxyl groups excluding tert-OH is 3. The number of fused-ring (bicyclic) bond motifs is 2. The number of imidazole rings is 1. The number of phosphoric ester groups is 1. The summed E-state index contributed by atoms with van der Waals surface area (Å²) >= 11 is 0. The van der Waals surface area contributed by atoms with Gasteiger partial charge in [0.2, 0.25) is 11.7 Å². The molecule has 0 amide bonds. The molecule has 8 atom stereocenters. The van der Waals surface area contributed by atoms with E-state index in [-0.39, 0.29) is 22.9 Å². The molecule has 5 rings (SSSR count). The Labute approximate surface area is 242 Å². The van der Waals surface area contributed by atoms with E-state index in [2.05, 4.69) is 29.4 Å². The second-order valence-electron chi connectivity index (χ2n) is 9.26. The van der Waals surface area contributed by atoms with Crippen LogP contribution in [0.1, 0.15) is 12.5 Å². The molecule has 5 heterocycles. The van der Waals surface area contributed by atoms with Crippen LogP contribution in [0.25, 0.3) is 22.2 Å². The Morgan fingerprint density at radius 1 is 1.30 bits per heavy atom. The van der Waals surface area contributed by atoms with E-state index in [0.29, 0.717) is 10.8 Å². The van der Waals surface area contributed by atoms with E-state index in [9.17, 15) is 43.6 Å². The monoisotopic (exact) mass is 667 g/mol. The van der Waals surface area contributed by atoms with Gasteiger partial charge in [-0.15, -0.1) is 0 Å². The SMILES string of the molecule is Nc1nc2c(ncn2[C@@H]2O[C@H](CO)[C@@H](O)[C@H]2OP(=O)(O)O[C@](O)(CO[PH](=O)O)[C@@H](O)n2cc(F)c3c(N)ncnc32)c(=O)[nH]1. The van der Waals surface area contributed by atoms with Crippen molar-refractivity contribution in [3.63, 3.8) is 0 Å². The number of H-pyrrole nitrogens is 1. The normalized spacial score (nSPS) is 24.8. The van der Waals surface area contributed by atoms with Gasteiger partial charge in [-0.2, -0.15) is 4.98 Å². The van der Waals surface area contributed by atoms with E-state index in [1.165, 1.54) is 0 Å². The van der Waals surface area contributed by atoms with Crippen LogP contribution in [0.3, 0.4) is 0 Å². The Hall–Kier alpha value is -3.44. The number of nitrogen functional groups attached to an aromatic ring is 2. The van der Waals surface area contributed by atoms with Gasteiger partial charge in [0.05, 0.1) is 18.3 Å². The maximum atomic E-state index is 14.6. The first-order valence-electron chi connectivity index (χ1n) is 12.1. The van der Waals surface area contributed by atoms with Gasteiger partial charge in [-0.3, -0.25) is 28.0 Å². The van der Waals surface area contributed by atoms with Crippen molar-refractivity contribution in [1.29, 1.82) is 0 Å². The molecule has 240 valence electrons. The van der Waals surface area contributed by atoms with Gasteiger partial charge in [0.25, 0.3) is 5.56 Å². The first-order valence-corrected chi connectivity index (χ1v) is 14.8. The van der Waals surface area contributed by atoms with Gasteiger partial charge in [-0.1, -0.05) is 0 Å². The number of anilines is 2. The highest BCUT2D eigenvalue weighted by Crippen LogP contribution is 2.53. The maximum Gasteiger partial charge on any atom is 0.475 e. The molecule has 0 bridgehead atoms. The summed E-state index contributed by atoms with van der Waals surface area (Å²) < 4.78 is 60.6. The zero-order valence-electron chi connectivity index (χ0n) is 21.7. The molecule has 0 saturated carbocycles. The lowest BCUT2D eigenvalue weighted by Gasteiger charge is -2.34. The molecule has 0 radical (unpaired) electrons. The highest BCUT2D eigenvalue weighted by molar-refractivity contribution is 7.47. The molecule has 1 saturated heterocycles. The Morgan fingerprint density at radius 2 is 2.02 bits per heavy atom. The molecule has 0 spiro atoms. The Kier molecular flexibility index (Phi) is 8.58. The van der Waals surface area contributed by atoms with Crippen LogP contribution in [-0.2, 0) is 27.4 Å². The number of aromatic amines is 1. The number of hydrogen-bond donors (Lipinski definition) is 9. The van der Waals surface area contributed by atoms with Crippen LogP contribution in [0.15, 0.2) is 23.6 Å². The van der Waals surface area contributed by atoms with E-state index in [4.69, 9.17) is 30.1 Å². The minimum atomic E-state index is -5.75. The van der Waals surface area contributed by atoms with E-state index in [0.717, 1.165) is 17.2 Å². The third-order valence-corrected chi connectivity index (χ3v) is 7.86. The lowest BCUT2D eigenvalue weighted by atomic mass is 10.1.